The number of ketones is 1. The zero-order valence-electron chi connectivity index (χ0n) is 19.5. The Morgan fingerprint density at radius 3 is 2.54 bits per heavy atom. The third-order valence-electron chi connectivity index (χ3n) is 5.82. The van der Waals surface area contributed by atoms with Gasteiger partial charge in [0.15, 0.2) is 11.5 Å². The molecule has 1 amide bonds. The molecule has 1 N–H and O–H groups in total. The molecule has 2 heterocycles. The number of methoxy groups -OCH3 is 1. The molecule has 1 aliphatic rings. The van der Waals surface area contributed by atoms with E-state index in [1.807, 2.05) is 0 Å². The number of likely N-dealkylation sites (tertiary alicyclic amines) is 1. The van der Waals surface area contributed by atoms with Gasteiger partial charge in [-0.05, 0) is 48.4 Å². The second kappa shape index (κ2) is 10.8. The normalized spacial score (nSPS) is 17.1. The fourth-order valence-electron chi connectivity index (χ4n) is 4.02. The van der Waals surface area contributed by atoms with Crippen LogP contribution in [0.2, 0.25) is 0 Å². The van der Waals surface area contributed by atoms with E-state index in [4.69, 9.17) is 13.9 Å². The van der Waals surface area contributed by atoms with Gasteiger partial charge in [-0.2, -0.15) is 0 Å². The Morgan fingerprint density at radius 1 is 1.11 bits per heavy atom. The number of hydrogen-bond donors (Lipinski definition) is 1. The molecule has 0 radical (unpaired) electrons. The Labute approximate surface area is 212 Å². The van der Waals surface area contributed by atoms with Crippen LogP contribution in [-0.2, 0) is 16.1 Å². The minimum atomic E-state index is -0.845. The number of rotatable bonds is 9. The molecule has 1 fully saturated rings. The van der Waals surface area contributed by atoms with Crippen LogP contribution in [0.25, 0.3) is 5.76 Å². The second-order valence-corrected chi connectivity index (χ2v) is 9.04. The first kappa shape index (κ1) is 24.6. The van der Waals surface area contributed by atoms with Crippen LogP contribution < -0.4 is 9.47 Å². The number of nitrogens with zero attached hydrogens (tertiary/aromatic N) is 1. The number of halogens is 1. The van der Waals surface area contributed by atoms with E-state index in [0.717, 1.165) is 17.3 Å². The summed E-state index contributed by atoms with van der Waals surface area (Å²) in [5, 5.41) is 11.2. The number of Topliss-reactive ketones (excluding diaryl/α,β-unsaturated/α-hetero) is 1. The molecule has 0 bridgehead atoms. The molecule has 3 aromatic rings. The van der Waals surface area contributed by atoms with Gasteiger partial charge in [0.2, 0.25) is 0 Å². The summed E-state index contributed by atoms with van der Waals surface area (Å²) in [5.74, 6) is -0.153. The van der Waals surface area contributed by atoms with Crippen LogP contribution in [0.1, 0.15) is 42.7 Å². The van der Waals surface area contributed by atoms with Gasteiger partial charge in [-0.1, -0.05) is 47.5 Å². The van der Waals surface area contributed by atoms with E-state index in [-0.39, 0.29) is 17.9 Å². The highest BCUT2D eigenvalue weighted by Gasteiger charge is 2.46. The zero-order valence-corrected chi connectivity index (χ0v) is 21.1. The van der Waals surface area contributed by atoms with Gasteiger partial charge in [0, 0.05) is 10.0 Å². The van der Waals surface area contributed by atoms with Crippen molar-refractivity contribution in [2.45, 2.75) is 32.4 Å². The number of carbonyl (C=O) groups is 2. The predicted molar refractivity (Wildman–Crippen MR) is 134 cm³/mol. The maximum absolute atomic E-state index is 13.2. The van der Waals surface area contributed by atoms with Crippen LogP contribution in [0.4, 0.5) is 0 Å². The highest BCUT2D eigenvalue weighted by molar-refractivity contribution is 9.10. The van der Waals surface area contributed by atoms with Crippen LogP contribution in [0.15, 0.2) is 75.3 Å². The molecule has 1 saturated heterocycles. The summed E-state index contributed by atoms with van der Waals surface area (Å²) in [6, 6.07) is 14.8. The van der Waals surface area contributed by atoms with Crippen molar-refractivity contribution >= 4 is 33.4 Å². The van der Waals surface area contributed by atoms with Gasteiger partial charge in [0.25, 0.3) is 11.7 Å². The number of carbonyl (C=O) groups excluding carboxylic acids is 2. The average Bonchev–Trinajstić information content (AvgIpc) is 3.47. The second-order valence-electron chi connectivity index (χ2n) is 8.13. The first-order valence-corrected chi connectivity index (χ1v) is 12.1. The topological polar surface area (TPSA) is 89.2 Å². The van der Waals surface area contributed by atoms with Gasteiger partial charge in [0.05, 0.1) is 38.1 Å². The van der Waals surface area contributed by atoms with Crippen molar-refractivity contribution in [2.24, 2.45) is 0 Å². The summed E-state index contributed by atoms with van der Waals surface area (Å²) in [6.45, 7) is 2.69. The van der Waals surface area contributed by atoms with Gasteiger partial charge in [-0.3, -0.25) is 9.59 Å². The Balaban J connectivity index is 1.82. The minimum Gasteiger partial charge on any atom is -0.507 e. The summed E-state index contributed by atoms with van der Waals surface area (Å²) in [6.07, 6.45) is 3.41. The Kier molecular flexibility index (Phi) is 7.60. The molecule has 8 heteroatoms. The molecule has 35 heavy (non-hydrogen) atoms. The van der Waals surface area contributed by atoms with Crippen molar-refractivity contribution in [2.75, 3.05) is 13.7 Å². The Morgan fingerprint density at radius 2 is 1.89 bits per heavy atom. The lowest BCUT2D eigenvalue weighted by molar-refractivity contribution is -0.140. The molecule has 4 rings (SSSR count). The maximum atomic E-state index is 13.2. The zero-order chi connectivity index (χ0) is 24.9. The van der Waals surface area contributed by atoms with Gasteiger partial charge in [0.1, 0.15) is 11.5 Å². The summed E-state index contributed by atoms with van der Waals surface area (Å²) < 4.78 is 17.7. The van der Waals surface area contributed by atoms with E-state index in [1.165, 1.54) is 18.3 Å². The number of unbranched alkanes of at least 4 members (excludes halogenated alkanes) is 1. The highest BCUT2D eigenvalue weighted by Crippen LogP contribution is 2.42. The van der Waals surface area contributed by atoms with Crippen molar-refractivity contribution < 1.29 is 28.6 Å². The van der Waals surface area contributed by atoms with E-state index in [0.29, 0.717) is 35.0 Å². The number of benzene rings is 2. The molecule has 182 valence electrons. The van der Waals surface area contributed by atoms with Crippen LogP contribution in [-0.4, -0.2) is 35.4 Å². The maximum Gasteiger partial charge on any atom is 0.296 e. The average molecular weight is 540 g/mol. The van der Waals surface area contributed by atoms with E-state index >= 15 is 0 Å². The molecule has 0 spiro atoms. The molecule has 1 aromatic heterocycles. The summed E-state index contributed by atoms with van der Waals surface area (Å²) in [7, 11) is 1.54. The largest absolute Gasteiger partial charge is 0.507 e. The van der Waals surface area contributed by atoms with E-state index in [9.17, 15) is 14.7 Å². The van der Waals surface area contributed by atoms with Crippen LogP contribution >= 0.6 is 15.9 Å². The van der Waals surface area contributed by atoms with Crippen LogP contribution in [0.3, 0.4) is 0 Å². The molecule has 1 aliphatic heterocycles. The smallest absolute Gasteiger partial charge is 0.296 e. The van der Waals surface area contributed by atoms with Gasteiger partial charge >= 0.3 is 0 Å². The lowest BCUT2D eigenvalue weighted by Crippen LogP contribution is -2.29. The van der Waals surface area contributed by atoms with Gasteiger partial charge in [-0.25, -0.2) is 0 Å². The third-order valence-corrected chi connectivity index (χ3v) is 6.35. The fraction of sp³-hybridized carbons (Fsp3) is 0.259. The number of aliphatic hydroxyl groups is 1. The summed E-state index contributed by atoms with van der Waals surface area (Å²) in [4.78, 5) is 27.7. The summed E-state index contributed by atoms with van der Waals surface area (Å²) >= 11 is 3.37. The third kappa shape index (κ3) is 5.12. The monoisotopic (exact) mass is 539 g/mol. The van der Waals surface area contributed by atoms with Crippen molar-refractivity contribution in [1.82, 2.24) is 4.90 Å². The van der Waals surface area contributed by atoms with Crippen molar-refractivity contribution in [3.63, 3.8) is 0 Å². The quantitative estimate of drug-likeness (QED) is 0.159. The van der Waals surface area contributed by atoms with Crippen molar-refractivity contribution in [1.29, 1.82) is 0 Å². The number of hydrogen-bond acceptors (Lipinski definition) is 6. The molecule has 7 nitrogen and oxygen atoms in total. The van der Waals surface area contributed by atoms with Crippen LogP contribution in [0, 0.1) is 0 Å². The van der Waals surface area contributed by atoms with Crippen molar-refractivity contribution in [3.05, 3.63) is 87.8 Å². The lowest BCUT2D eigenvalue weighted by atomic mass is 9.95. The first-order chi connectivity index (χ1) is 16.9. The number of ether oxygens (including phenoxy) is 2. The Hall–Kier alpha value is -3.52. The number of furan rings is 1. The van der Waals surface area contributed by atoms with Gasteiger partial charge in [-0.15, -0.1) is 0 Å². The minimum absolute atomic E-state index is 0.00517. The molecule has 0 aliphatic carbocycles. The standard InChI is InChI=1S/C27H26BrNO6/c1-3-4-13-35-21-12-9-18(15-22(21)33-2)24-23(25(30)17-7-10-19(28)11-8-17)26(31)27(32)29(24)16-20-6-5-14-34-20/h5-12,14-15,24,30H,3-4,13,16H2,1-2H3/t24-/m0/s1. The molecule has 1 atom stereocenters. The van der Waals surface area contributed by atoms with Crippen LogP contribution in [0.5, 0.6) is 11.5 Å². The van der Waals surface area contributed by atoms with E-state index < -0.39 is 17.7 Å². The highest BCUT2D eigenvalue weighted by atomic mass is 79.9. The molecule has 2 aromatic carbocycles. The fourth-order valence-corrected chi connectivity index (χ4v) is 4.29. The molecular weight excluding hydrogens is 514 g/mol. The Bertz CT molecular complexity index is 1230. The predicted octanol–water partition coefficient (Wildman–Crippen LogP) is 5.85. The van der Waals surface area contributed by atoms with E-state index in [2.05, 4.69) is 22.9 Å². The van der Waals surface area contributed by atoms with Gasteiger partial charge < -0.3 is 23.9 Å². The van der Waals surface area contributed by atoms with Crippen molar-refractivity contribution in [3.8, 4) is 11.5 Å². The lowest BCUT2D eigenvalue weighted by Gasteiger charge is -2.25. The van der Waals surface area contributed by atoms with E-state index in [1.54, 1.807) is 54.6 Å². The first-order valence-electron chi connectivity index (χ1n) is 11.3. The molecule has 0 unspecified atom stereocenters. The molecule has 0 saturated carbocycles. The number of aliphatic hydroxyl groups excluding tert-OH is 1. The molecular formula is C27H26BrNO6. The summed E-state index contributed by atoms with van der Waals surface area (Å²) in [5.41, 5.74) is 1.04. The SMILES string of the molecule is CCCCOc1ccc([C@H]2C(=C(O)c3ccc(Br)cc3)C(=O)C(=O)N2Cc2ccco2)cc1OC. The number of amides is 1.